The van der Waals surface area contributed by atoms with Gasteiger partial charge in [-0.05, 0) is 18.4 Å². The highest BCUT2D eigenvalue weighted by Crippen LogP contribution is 2.35. The van der Waals surface area contributed by atoms with Crippen LogP contribution in [0.15, 0.2) is 43.0 Å². The van der Waals surface area contributed by atoms with Crippen molar-refractivity contribution in [1.29, 1.82) is 0 Å². The molecule has 3 atom stereocenters. The van der Waals surface area contributed by atoms with Gasteiger partial charge in [0.2, 0.25) is 12.6 Å². The molecule has 1 saturated heterocycles. The number of aryl methyl sites for hydroxylation is 1. The van der Waals surface area contributed by atoms with E-state index in [1.54, 1.807) is 14.2 Å². The van der Waals surface area contributed by atoms with Gasteiger partial charge in [-0.3, -0.25) is 0 Å². The molecule has 1 aliphatic heterocycles. The van der Waals surface area contributed by atoms with Gasteiger partial charge in [0, 0.05) is 19.6 Å². The zero-order valence-corrected chi connectivity index (χ0v) is 13.7. The van der Waals surface area contributed by atoms with Crippen molar-refractivity contribution < 1.29 is 18.9 Å². The lowest BCUT2D eigenvalue weighted by atomic mass is 9.81. The molecule has 122 valence electrons. The van der Waals surface area contributed by atoms with Gasteiger partial charge >= 0.3 is 0 Å². The van der Waals surface area contributed by atoms with E-state index >= 15 is 0 Å². The quantitative estimate of drug-likeness (QED) is 0.573. The smallest absolute Gasteiger partial charge is 0.209 e. The Kier molecular flexibility index (Phi) is 6.15. The van der Waals surface area contributed by atoms with Gasteiger partial charge in [0.05, 0.1) is 12.7 Å². The van der Waals surface area contributed by atoms with E-state index in [-0.39, 0.29) is 11.5 Å². The molecule has 2 rings (SSSR count). The first kappa shape index (κ1) is 17.2. The molecule has 0 saturated carbocycles. The molecule has 1 fully saturated rings. The number of ether oxygens (including phenoxy) is 4. The molecule has 4 nitrogen and oxygen atoms in total. The molecule has 1 heterocycles. The van der Waals surface area contributed by atoms with E-state index in [0.29, 0.717) is 6.61 Å². The van der Waals surface area contributed by atoms with Crippen molar-refractivity contribution in [2.24, 2.45) is 5.41 Å². The van der Waals surface area contributed by atoms with Crippen LogP contribution in [-0.2, 0) is 25.4 Å². The molecule has 0 unspecified atom stereocenters. The summed E-state index contributed by atoms with van der Waals surface area (Å²) < 4.78 is 22.4. The van der Waals surface area contributed by atoms with Crippen molar-refractivity contribution in [3.05, 3.63) is 48.6 Å². The molecule has 1 aromatic rings. The Balaban J connectivity index is 2.04. The average Bonchev–Trinajstić information content (AvgIpc) is 2.57. The third-order valence-corrected chi connectivity index (χ3v) is 4.28. The normalized spacial score (nSPS) is 28.7. The molecule has 0 aliphatic carbocycles. The molecule has 4 heteroatoms. The Bertz CT molecular complexity index is 457. The van der Waals surface area contributed by atoms with E-state index in [1.807, 2.05) is 12.1 Å². The average molecular weight is 306 g/mol. The van der Waals surface area contributed by atoms with E-state index < -0.39 is 12.6 Å². The molecule has 1 aliphatic rings. The van der Waals surface area contributed by atoms with Crippen molar-refractivity contribution in [1.82, 2.24) is 0 Å². The van der Waals surface area contributed by atoms with Crippen molar-refractivity contribution in [2.75, 3.05) is 20.8 Å². The van der Waals surface area contributed by atoms with Gasteiger partial charge in [-0.2, -0.15) is 0 Å². The van der Waals surface area contributed by atoms with Crippen molar-refractivity contribution in [3.63, 3.8) is 0 Å². The standard InChI is InChI=1S/C18H26O4/c1-5-18(2)13-21-17(16(19-3)20-4)22-15(18)12-11-14-9-7-6-8-10-14/h5-10,15-17H,1,11-13H2,2-4H3/t15-,17+,18+/m1/s1. The van der Waals surface area contributed by atoms with Crippen LogP contribution >= 0.6 is 0 Å². The zero-order valence-electron chi connectivity index (χ0n) is 13.7. The fourth-order valence-corrected chi connectivity index (χ4v) is 2.70. The van der Waals surface area contributed by atoms with Gasteiger partial charge < -0.3 is 18.9 Å². The fourth-order valence-electron chi connectivity index (χ4n) is 2.70. The van der Waals surface area contributed by atoms with Crippen LogP contribution < -0.4 is 0 Å². The number of rotatable bonds is 7. The second-order valence-electron chi connectivity index (χ2n) is 5.88. The van der Waals surface area contributed by atoms with Crippen LogP contribution in [0.5, 0.6) is 0 Å². The fraction of sp³-hybridized carbons (Fsp3) is 0.556. The molecule has 0 N–H and O–H groups in total. The lowest BCUT2D eigenvalue weighted by molar-refractivity contribution is -0.328. The van der Waals surface area contributed by atoms with Crippen molar-refractivity contribution >= 4 is 0 Å². The first-order valence-electron chi connectivity index (χ1n) is 7.63. The molecular weight excluding hydrogens is 280 g/mol. The van der Waals surface area contributed by atoms with Crippen LogP contribution in [0, 0.1) is 5.41 Å². The molecule has 0 aromatic heterocycles. The predicted octanol–water partition coefficient (Wildman–Crippen LogP) is 3.17. The molecule has 1 aromatic carbocycles. The zero-order chi connectivity index (χ0) is 16.0. The predicted molar refractivity (Wildman–Crippen MR) is 85.5 cm³/mol. The Morgan fingerprint density at radius 3 is 2.59 bits per heavy atom. The minimum atomic E-state index is -0.520. The van der Waals surface area contributed by atoms with Crippen LogP contribution in [0.4, 0.5) is 0 Å². The summed E-state index contributed by atoms with van der Waals surface area (Å²) >= 11 is 0. The number of hydrogen-bond acceptors (Lipinski definition) is 4. The van der Waals surface area contributed by atoms with Crippen LogP contribution in [-0.4, -0.2) is 39.5 Å². The maximum absolute atomic E-state index is 6.12. The third kappa shape index (κ3) is 3.96. The minimum Gasteiger partial charge on any atom is -0.351 e. The Hall–Kier alpha value is -1.20. The molecule has 0 amide bonds. The number of benzene rings is 1. The Labute approximate surface area is 133 Å². The van der Waals surface area contributed by atoms with E-state index in [4.69, 9.17) is 18.9 Å². The highest BCUT2D eigenvalue weighted by molar-refractivity contribution is 5.15. The van der Waals surface area contributed by atoms with E-state index in [1.165, 1.54) is 5.56 Å². The molecule has 0 spiro atoms. The molecule has 0 bridgehead atoms. The number of hydrogen-bond donors (Lipinski definition) is 0. The maximum Gasteiger partial charge on any atom is 0.209 e. The maximum atomic E-state index is 6.12. The van der Waals surface area contributed by atoms with Crippen molar-refractivity contribution in [3.8, 4) is 0 Å². The van der Waals surface area contributed by atoms with Crippen LogP contribution in [0.3, 0.4) is 0 Å². The van der Waals surface area contributed by atoms with Gasteiger partial charge in [-0.25, -0.2) is 0 Å². The van der Waals surface area contributed by atoms with Crippen LogP contribution in [0.2, 0.25) is 0 Å². The van der Waals surface area contributed by atoms with Gasteiger partial charge in [0.15, 0.2) is 0 Å². The summed E-state index contributed by atoms with van der Waals surface area (Å²) in [7, 11) is 3.17. The topological polar surface area (TPSA) is 36.9 Å². The molecule has 0 radical (unpaired) electrons. The highest BCUT2D eigenvalue weighted by Gasteiger charge is 2.42. The lowest BCUT2D eigenvalue weighted by Crippen LogP contribution is -2.51. The number of methoxy groups -OCH3 is 2. The molecular formula is C18H26O4. The second kappa shape index (κ2) is 7.88. The Morgan fingerprint density at radius 1 is 1.32 bits per heavy atom. The minimum absolute atomic E-state index is 0.0109. The van der Waals surface area contributed by atoms with Gasteiger partial charge in [-0.15, -0.1) is 6.58 Å². The summed E-state index contributed by atoms with van der Waals surface area (Å²) in [5, 5.41) is 0. The first-order chi connectivity index (χ1) is 10.6. The summed E-state index contributed by atoms with van der Waals surface area (Å²) in [5.74, 6) is 0. The molecule has 22 heavy (non-hydrogen) atoms. The van der Waals surface area contributed by atoms with Crippen molar-refractivity contribution in [2.45, 2.75) is 38.4 Å². The third-order valence-electron chi connectivity index (χ3n) is 4.28. The van der Waals surface area contributed by atoms with Crippen LogP contribution in [0.25, 0.3) is 0 Å². The summed E-state index contributed by atoms with van der Waals surface area (Å²) in [6.07, 6.45) is 2.75. The SMILES string of the molecule is C=C[C@@]1(C)CO[C@H](C(OC)OC)O[C@@H]1CCc1ccccc1. The second-order valence-corrected chi connectivity index (χ2v) is 5.88. The van der Waals surface area contributed by atoms with Gasteiger partial charge in [0.1, 0.15) is 0 Å². The van der Waals surface area contributed by atoms with Gasteiger partial charge in [0.25, 0.3) is 0 Å². The monoisotopic (exact) mass is 306 g/mol. The van der Waals surface area contributed by atoms with E-state index in [9.17, 15) is 0 Å². The van der Waals surface area contributed by atoms with Gasteiger partial charge in [-0.1, -0.05) is 43.3 Å². The van der Waals surface area contributed by atoms with E-state index in [0.717, 1.165) is 12.8 Å². The lowest BCUT2D eigenvalue weighted by Gasteiger charge is -2.43. The summed E-state index contributed by atoms with van der Waals surface area (Å²) in [4.78, 5) is 0. The largest absolute Gasteiger partial charge is 0.351 e. The summed E-state index contributed by atoms with van der Waals surface area (Å²) in [6.45, 7) is 6.61. The first-order valence-corrected chi connectivity index (χ1v) is 7.63. The van der Waals surface area contributed by atoms with E-state index in [2.05, 4.69) is 37.8 Å². The highest BCUT2D eigenvalue weighted by atomic mass is 16.8. The Morgan fingerprint density at radius 2 is 2.00 bits per heavy atom. The summed E-state index contributed by atoms with van der Waals surface area (Å²) in [5.41, 5.74) is 1.09. The van der Waals surface area contributed by atoms with Crippen LogP contribution in [0.1, 0.15) is 18.9 Å². The summed E-state index contributed by atoms with van der Waals surface area (Å²) in [6, 6.07) is 10.4.